The van der Waals surface area contributed by atoms with Crippen LogP contribution in [0, 0.1) is 0 Å². The minimum Gasteiger partial charge on any atom is -0.396 e. The summed E-state index contributed by atoms with van der Waals surface area (Å²) < 4.78 is 6.51. The lowest BCUT2D eigenvalue weighted by molar-refractivity contribution is -0.0544. The number of anilines is 1. The fourth-order valence-electron chi connectivity index (χ4n) is 2.26. The Balaban J connectivity index is 2.51. The largest absolute Gasteiger partial charge is 0.396 e. The number of nitrogens with two attached hydrogens (primary N) is 1. The molecule has 2 aromatic heterocycles. The van der Waals surface area contributed by atoms with Crippen molar-refractivity contribution in [2.75, 3.05) is 19.5 Å². The minimum absolute atomic E-state index is 0.0596. The highest BCUT2D eigenvalue weighted by Crippen LogP contribution is 2.31. The van der Waals surface area contributed by atoms with Gasteiger partial charge in [-0.1, -0.05) is 11.6 Å². The summed E-state index contributed by atoms with van der Waals surface area (Å²) in [6.07, 6.45) is -0.396. The Bertz CT molecular complexity index is 713. The molecule has 0 saturated heterocycles. The summed E-state index contributed by atoms with van der Waals surface area (Å²) in [5.41, 5.74) is 5.25. The van der Waals surface area contributed by atoms with Gasteiger partial charge in [0, 0.05) is 13.7 Å². The highest BCUT2D eigenvalue weighted by atomic mass is 35.5. The molecule has 2 heterocycles. The maximum Gasteiger partial charge on any atom is 0.280 e. The van der Waals surface area contributed by atoms with Crippen LogP contribution in [-0.4, -0.2) is 55.7 Å². The molecule has 0 amide bonds. The quantitative estimate of drug-likeness (QED) is 0.517. The van der Waals surface area contributed by atoms with Gasteiger partial charge in [-0.05, 0) is 13.3 Å². The van der Waals surface area contributed by atoms with Gasteiger partial charge in [-0.25, -0.2) is 4.98 Å². The molecule has 0 aromatic carbocycles. The zero-order valence-electron chi connectivity index (χ0n) is 12.2. The van der Waals surface area contributed by atoms with Gasteiger partial charge in [0.2, 0.25) is 5.95 Å². The van der Waals surface area contributed by atoms with Gasteiger partial charge in [0.15, 0.2) is 11.2 Å². The summed E-state index contributed by atoms with van der Waals surface area (Å²) in [5, 5.41) is 19.5. The number of imidazole rings is 1. The van der Waals surface area contributed by atoms with Crippen LogP contribution in [0.3, 0.4) is 0 Å². The number of nitrogens with one attached hydrogen (secondary N) is 1. The molecular formula is C12H18ClN5O4. The summed E-state index contributed by atoms with van der Waals surface area (Å²) in [4.78, 5) is 20.7. The van der Waals surface area contributed by atoms with E-state index in [4.69, 9.17) is 27.2 Å². The number of aromatic amines is 1. The summed E-state index contributed by atoms with van der Waals surface area (Å²) >= 11 is 6.46. The van der Waals surface area contributed by atoms with Gasteiger partial charge < -0.3 is 20.7 Å². The molecule has 9 nitrogen and oxygen atoms in total. The fourth-order valence-corrected chi connectivity index (χ4v) is 2.52. The van der Waals surface area contributed by atoms with E-state index in [-0.39, 0.29) is 30.1 Å². The van der Waals surface area contributed by atoms with Crippen molar-refractivity contribution in [1.29, 1.82) is 0 Å². The number of ether oxygens (including phenoxy) is 1. The maximum atomic E-state index is 11.8. The van der Waals surface area contributed by atoms with Crippen molar-refractivity contribution in [2.45, 2.75) is 30.6 Å². The topological polar surface area (TPSA) is 139 Å². The number of H-pyrrole nitrogens is 1. The highest BCUT2D eigenvalue weighted by molar-refractivity contribution is 6.22. The highest BCUT2D eigenvalue weighted by Gasteiger charge is 2.39. The molecule has 22 heavy (non-hydrogen) atoms. The van der Waals surface area contributed by atoms with E-state index in [0.717, 1.165) is 0 Å². The van der Waals surface area contributed by atoms with Crippen LogP contribution in [0.5, 0.6) is 0 Å². The van der Waals surface area contributed by atoms with Gasteiger partial charge in [0.05, 0.1) is 12.4 Å². The first-order valence-corrected chi connectivity index (χ1v) is 6.94. The van der Waals surface area contributed by atoms with Crippen LogP contribution in [0.15, 0.2) is 11.1 Å². The second-order valence-electron chi connectivity index (χ2n) is 4.99. The molecule has 5 N–H and O–H groups in total. The van der Waals surface area contributed by atoms with Crippen molar-refractivity contribution in [3.05, 3.63) is 16.7 Å². The second-order valence-corrected chi connectivity index (χ2v) is 5.76. The van der Waals surface area contributed by atoms with Crippen LogP contribution in [0.1, 0.15) is 13.3 Å². The van der Waals surface area contributed by atoms with Crippen molar-refractivity contribution < 1.29 is 14.9 Å². The number of aromatic nitrogens is 4. The zero-order valence-corrected chi connectivity index (χ0v) is 12.9. The molecule has 0 spiro atoms. The van der Waals surface area contributed by atoms with Crippen LogP contribution in [0.25, 0.3) is 11.2 Å². The number of aliphatic hydroxyl groups is 2. The Morgan fingerprint density at radius 3 is 2.91 bits per heavy atom. The number of halogens is 1. The zero-order chi connectivity index (χ0) is 16.5. The number of hydrogen-bond donors (Lipinski definition) is 4. The van der Waals surface area contributed by atoms with E-state index in [1.165, 1.54) is 24.9 Å². The van der Waals surface area contributed by atoms with Gasteiger partial charge in [-0.3, -0.25) is 14.3 Å². The standard InChI is InChI=1S/C12H18ClN5O4/c1-12(13,8(20)6(22-2)3-4-19)18-5-15-7-9(18)16-11(14)17-10(7)21/h5-6,8,19-20H,3-4H2,1-2H3,(H3,14,16,17,21)/t6?,8-,12+/m1/s1. The maximum absolute atomic E-state index is 11.8. The van der Waals surface area contributed by atoms with Crippen molar-refractivity contribution in [3.63, 3.8) is 0 Å². The number of nitrogen functional groups attached to an aromatic ring is 1. The fraction of sp³-hybridized carbons (Fsp3) is 0.583. The Kier molecular flexibility index (Phi) is 4.71. The van der Waals surface area contributed by atoms with E-state index in [0.29, 0.717) is 0 Å². The van der Waals surface area contributed by atoms with Crippen molar-refractivity contribution >= 4 is 28.7 Å². The van der Waals surface area contributed by atoms with Crippen LogP contribution >= 0.6 is 11.6 Å². The molecule has 0 bridgehead atoms. The predicted molar refractivity (Wildman–Crippen MR) is 80.6 cm³/mol. The molecular weight excluding hydrogens is 314 g/mol. The van der Waals surface area contributed by atoms with Crippen LogP contribution in [0.4, 0.5) is 5.95 Å². The second kappa shape index (κ2) is 6.21. The van der Waals surface area contributed by atoms with Gasteiger partial charge in [-0.15, -0.1) is 0 Å². The molecule has 0 aliphatic carbocycles. The van der Waals surface area contributed by atoms with Crippen molar-refractivity contribution in [3.8, 4) is 0 Å². The normalized spacial score (nSPS) is 17.3. The van der Waals surface area contributed by atoms with E-state index in [1.54, 1.807) is 0 Å². The minimum atomic E-state index is -1.40. The molecule has 1 unspecified atom stereocenters. The third-order valence-corrected chi connectivity index (χ3v) is 3.91. The van der Waals surface area contributed by atoms with Gasteiger partial charge in [-0.2, -0.15) is 4.98 Å². The van der Waals surface area contributed by atoms with E-state index in [2.05, 4.69) is 15.0 Å². The molecule has 0 aliphatic rings. The Labute approximate surface area is 130 Å². The summed E-state index contributed by atoms with van der Waals surface area (Å²) in [6.45, 7) is 1.36. The molecule has 0 fully saturated rings. The Morgan fingerprint density at radius 1 is 1.64 bits per heavy atom. The summed E-state index contributed by atoms with van der Waals surface area (Å²) in [5.74, 6) is -0.0835. The SMILES string of the molecule is COC(CCO)[C@@H](O)[C@@](C)(Cl)n1cnc2c(=O)[nH]c(N)nc21. The first kappa shape index (κ1) is 16.7. The first-order chi connectivity index (χ1) is 10.3. The lowest BCUT2D eigenvalue weighted by atomic mass is 10.0. The molecule has 10 heteroatoms. The summed E-state index contributed by atoms with van der Waals surface area (Å²) in [7, 11) is 1.41. The molecule has 2 rings (SSSR count). The third kappa shape index (κ3) is 2.80. The monoisotopic (exact) mass is 331 g/mol. The van der Waals surface area contributed by atoms with E-state index in [1.807, 2.05) is 0 Å². The van der Waals surface area contributed by atoms with Crippen LogP contribution in [-0.2, 0) is 9.73 Å². The smallest absolute Gasteiger partial charge is 0.280 e. The molecule has 3 atom stereocenters. The van der Waals surface area contributed by atoms with Crippen LogP contribution < -0.4 is 11.3 Å². The first-order valence-electron chi connectivity index (χ1n) is 6.56. The number of hydrogen-bond acceptors (Lipinski definition) is 7. The number of alkyl halides is 1. The molecule has 0 saturated carbocycles. The lowest BCUT2D eigenvalue weighted by Gasteiger charge is -2.34. The Hall–Kier alpha value is -1.68. The average Bonchev–Trinajstić information content (AvgIpc) is 2.88. The summed E-state index contributed by atoms with van der Waals surface area (Å²) in [6, 6.07) is 0. The van der Waals surface area contributed by atoms with E-state index < -0.39 is 22.8 Å². The average molecular weight is 332 g/mol. The van der Waals surface area contributed by atoms with E-state index >= 15 is 0 Å². The molecule has 0 aliphatic heterocycles. The van der Waals surface area contributed by atoms with Crippen molar-refractivity contribution in [1.82, 2.24) is 19.5 Å². The molecule has 2 aromatic rings. The van der Waals surface area contributed by atoms with Crippen LogP contribution in [0.2, 0.25) is 0 Å². The Morgan fingerprint density at radius 2 is 2.32 bits per heavy atom. The molecule has 0 radical (unpaired) electrons. The van der Waals surface area contributed by atoms with Gasteiger partial charge in [0.25, 0.3) is 5.56 Å². The van der Waals surface area contributed by atoms with Crippen molar-refractivity contribution in [2.24, 2.45) is 0 Å². The number of rotatable bonds is 6. The predicted octanol–water partition coefficient (Wildman–Crippen LogP) is -0.628. The van der Waals surface area contributed by atoms with Gasteiger partial charge in [0.1, 0.15) is 11.1 Å². The number of methoxy groups -OCH3 is 1. The third-order valence-electron chi connectivity index (χ3n) is 3.50. The lowest BCUT2D eigenvalue weighted by Crippen LogP contribution is -2.46. The number of fused-ring (bicyclic) bond motifs is 1. The van der Waals surface area contributed by atoms with Gasteiger partial charge >= 0.3 is 0 Å². The number of aliphatic hydroxyl groups excluding tert-OH is 2. The van der Waals surface area contributed by atoms with E-state index in [9.17, 15) is 9.90 Å². The number of nitrogens with zero attached hydrogens (tertiary/aromatic N) is 3. The molecule has 122 valence electrons.